The number of aromatic carboxylic acids is 1. The lowest BCUT2D eigenvalue weighted by molar-refractivity contribution is 0.0693. The molecule has 1 aromatic heterocycles. The van der Waals surface area contributed by atoms with Crippen LogP contribution in [-0.4, -0.2) is 22.0 Å². The van der Waals surface area contributed by atoms with E-state index in [2.05, 4.69) is 10.3 Å². The van der Waals surface area contributed by atoms with Gasteiger partial charge in [0.05, 0.1) is 17.4 Å². The number of rotatable bonds is 3. The lowest BCUT2D eigenvalue weighted by atomic mass is 10.1. The summed E-state index contributed by atoms with van der Waals surface area (Å²) in [6.07, 6.45) is 2.03. The molecule has 1 amide bonds. The van der Waals surface area contributed by atoms with E-state index < -0.39 is 29.1 Å². The summed E-state index contributed by atoms with van der Waals surface area (Å²) >= 11 is 0. The number of carbonyl (C=O) groups excluding carboxylic acids is 1. The Bertz CT molecular complexity index is 689. The summed E-state index contributed by atoms with van der Waals surface area (Å²) in [6, 6.07) is 4.38. The molecule has 0 atom stereocenters. The van der Waals surface area contributed by atoms with Crippen LogP contribution in [0, 0.1) is 11.6 Å². The van der Waals surface area contributed by atoms with E-state index in [1.54, 1.807) is 0 Å². The van der Waals surface area contributed by atoms with Crippen molar-refractivity contribution in [3.8, 4) is 0 Å². The van der Waals surface area contributed by atoms with Gasteiger partial charge in [0.25, 0.3) is 5.91 Å². The van der Waals surface area contributed by atoms with E-state index in [0.717, 1.165) is 24.5 Å². The fraction of sp³-hybridized carbons (Fsp3) is 0. The van der Waals surface area contributed by atoms with Gasteiger partial charge in [0.15, 0.2) is 0 Å². The molecule has 2 N–H and O–H groups in total. The molecular weight excluding hydrogens is 270 g/mol. The lowest BCUT2D eigenvalue weighted by Gasteiger charge is -2.08. The van der Waals surface area contributed by atoms with E-state index in [0.29, 0.717) is 0 Å². The van der Waals surface area contributed by atoms with Gasteiger partial charge < -0.3 is 10.4 Å². The topological polar surface area (TPSA) is 79.3 Å². The van der Waals surface area contributed by atoms with Crippen LogP contribution in [0.3, 0.4) is 0 Å². The number of nitrogens with zero attached hydrogens (tertiary/aromatic N) is 1. The Morgan fingerprint density at radius 3 is 2.60 bits per heavy atom. The molecule has 20 heavy (non-hydrogen) atoms. The molecule has 1 heterocycles. The van der Waals surface area contributed by atoms with Crippen molar-refractivity contribution >= 4 is 17.6 Å². The van der Waals surface area contributed by atoms with Crippen LogP contribution in [0.5, 0.6) is 0 Å². The highest BCUT2D eigenvalue weighted by molar-refractivity contribution is 6.07. The summed E-state index contributed by atoms with van der Waals surface area (Å²) in [7, 11) is 0. The molecule has 0 saturated carbocycles. The van der Waals surface area contributed by atoms with Gasteiger partial charge in [0.2, 0.25) is 0 Å². The molecule has 0 saturated heterocycles. The minimum atomic E-state index is -1.52. The first-order valence-electron chi connectivity index (χ1n) is 5.42. The number of halogens is 2. The fourth-order valence-corrected chi connectivity index (χ4v) is 1.58. The molecule has 0 aliphatic rings. The maximum Gasteiger partial charge on any atom is 0.340 e. The molecule has 1 aromatic carbocycles. The first-order chi connectivity index (χ1) is 9.49. The van der Waals surface area contributed by atoms with Crippen molar-refractivity contribution in [2.24, 2.45) is 0 Å². The van der Waals surface area contributed by atoms with Crippen LogP contribution in [0.15, 0.2) is 36.7 Å². The molecule has 0 aliphatic carbocycles. The number of aromatic nitrogens is 1. The lowest BCUT2D eigenvalue weighted by Crippen LogP contribution is -2.16. The highest BCUT2D eigenvalue weighted by Gasteiger charge is 2.18. The third-order valence-corrected chi connectivity index (χ3v) is 2.44. The largest absolute Gasteiger partial charge is 0.478 e. The number of pyridine rings is 1. The molecule has 0 fully saturated rings. The highest BCUT2D eigenvalue weighted by Crippen LogP contribution is 2.19. The van der Waals surface area contributed by atoms with Crippen molar-refractivity contribution in [2.45, 2.75) is 0 Å². The van der Waals surface area contributed by atoms with Crippen molar-refractivity contribution in [3.05, 3.63) is 59.4 Å². The summed E-state index contributed by atoms with van der Waals surface area (Å²) in [6.45, 7) is 0. The zero-order valence-electron chi connectivity index (χ0n) is 9.93. The summed E-state index contributed by atoms with van der Waals surface area (Å²) in [5, 5.41) is 11.1. The van der Waals surface area contributed by atoms with Crippen LogP contribution in [0.1, 0.15) is 20.7 Å². The van der Waals surface area contributed by atoms with Gasteiger partial charge in [0, 0.05) is 6.20 Å². The molecule has 102 valence electrons. The van der Waals surface area contributed by atoms with Gasteiger partial charge in [-0.05, 0) is 18.2 Å². The Kier molecular flexibility index (Phi) is 3.69. The predicted octanol–water partition coefficient (Wildman–Crippen LogP) is 2.31. The van der Waals surface area contributed by atoms with Gasteiger partial charge in [-0.2, -0.15) is 0 Å². The Morgan fingerprint density at radius 1 is 1.20 bits per heavy atom. The van der Waals surface area contributed by atoms with Gasteiger partial charge in [-0.1, -0.05) is 6.07 Å². The van der Waals surface area contributed by atoms with Gasteiger partial charge in [0.1, 0.15) is 17.2 Å². The van der Waals surface area contributed by atoms with Crippen molar-refractivity contribution in [3.63, 3.8) is 0 Å². The number of carboxylic acids is 1. The molecule has 2 rings (SSSR count). The number of benzene rings is 1. The Hall–Kier alpha value is -2.83. The van der Waals surface area contributed by atoms with E-state index in [4.69, 9.17) is 5.11 Å². The standard InChI is InChI=1S/C13H8F2N2O3/c14-8-4-7(5-16-6-8)12(18)17-10-3-1-2-9(15)11(10)13(19)20/h1-6H,(H,17,18)(H,19,20). The molecule has 0 aliphatic heterocycles. The summed E-state index contributed by atoms with van der Waals surface area (Å²) in [5.74, 6) is -4.00. The minimum Gasteiger partial charge on any atom is -0.478 e. The number of amides is 1. The second-order valence-electron chi connectivity index (χ2n) is 3.81. The van der Waals surface area contributed by atoms with Crippen LogP contribution in [0.2, 0.25) is 0 Å². The summed E-state index contributed by atoms with van der Waals surface area (Å²) < 4.78 is 26.4. The van der Waals surface area contributed by atoms with Crippen molar-refractivity contribution in [1.29, 1.82) is 0 Å². The van der Waals surface area contributed by atoms with E-state index in [1.807, 2.05) is 0 Å². The Labute approximate surface area is 111 Å². The number of hydrogen-bond donors (Lipinski definition) is 2. The number of carboxylic acid groups (broad SMARTS) is 1. The van der Waals surface area contributed by atoms with Gasteiger partial charge in [-0.25, -0.2) is 13.6 Å². The van der Waals surface area contributed by atoms with Gasteiger partial charge >= 0.3 is 5.97 Å². The predicted molar refractivity (Wildman–Crippen MR) is 65.5 cm³/mol. The van der Waals surface area contributed by atoms with E-state index in [-0.39, 0.29) is 11.3 Å². The zero-order valence-corrected chi connectivity index (χ0v) is 9.93. The molecule has 0 unspecified atom stereocenters. The van der Waals surface area contributed by atoms with Crippen LogP contribution >= 0.6 is 0 Å². The zero-order chi connectivity index (χ0) is 14.7. The number of nitrogens with one attached hydrogen (secondary N) is 1. The SMILES string of the molecule is O=C(Nc1cccc(F)c1C(=O)O)c1cncc(F)c1. The summed E-state index contributed by atoms with van der Waals surface area (Å²) in [5.41, 5.74) is -0.984. The summed E-state index contributed by atoms with van der Waals surface area (Å²) in [4.78, 5) is 26.3. The van der Waals surface area contributed by atoms with Crippen LogP contribution in [-0.2, 0) is 0 Å². The number of carbonyl (C=O) groups is 2. The molecule has 5 nitrogen and oxygen atoms in total. The number of hydrogen-bond acceptors (Lipinski definition) is 3. The number of anilines is 1. The van der Waals surface area contributed by atoms with Crippen LogP contribution in [0.25, 0.3) is 0 Å². The van der Waals surface area contributed by atoms with E-state index in [9.17, 15) is 18.4 Å². The maximum atomic E-state index is 13.4. The quantitative estimate of drug-likeness (QED) is 0.903. The van der Waals surface area contributed by atoms with Crippen molar-refractivity contribution in [1.82, 2.24) is 4.98 Å². The Balaban J connectivity index is 2.33. The minimum absolute atomic E-state index is 0.106. The molecule has 0 radical (unpaired) electrons. The van der Waals surface area contributed by atoms with E-state index >= 15 is 0 Å². The van der Waals surface area contributed by atoms with Crippen molar-refractivity contribution < 1.29 is 23.5 Å². The molecule has 0 bridgehead atoms. The van der Waals surface area contributed by atoms with Crippen LogP contribution in [0.4, 0.5) is 14.5 Å². The third-order valence-electron chi connectivity index (χ3n) is 2.44. The van der Waals surface area contributed by atoms with E-state index in [1.165, 1.54) is 12.1 Å². The van der Waals surface area contributed by atoms with Crippen molar-refractivity contribution in [2.75, 3.05) is 5.32 Å². The second kappa shape index (κ2) is 5.43. The monoisotopic (exact) mass is 278 g/mol. The average Bonchev–Trinajstić information content (AvgIpc) is 2.38. The average molecular weight is 278 g/mol. The fourth-order valence-electron chi connectivity index (χ4n) is 1.58. The maximum absolute atomic E-state index is 13.4. The highest BCUT2D eigenvalue weighted by atomic mass is 19.1. The molecule has 2 aromatic rings. The molecule has 0 spiro atoms. The smallest absolute Gasteiger partial charge is 0.340 e. The molecular formula is C13H8F2N2O3. The Morgan fingerprint density at radius 2 is 1.95 bits per heavy atom. The normalized spacial score (nSPS) is 10.1. The van der Waals surface area contributed by atoms with Crippen LogP contribution < -0.4 is 5.32 Å². The second-order valence-corrected chi connectivity index (χ2v) is 3.81. The third kappa shape index (κ3) is 2.77. The first kappa shape index (κ1) is 13.6. The van der Waals surface area contributed by atoms with Gasteiger partial charge in [-0.15, -0.1) is 0 Å². The first-order valence-corrected chi connectivity index (χ1v) is 5.42. The molecule has 7 heteroatoms. The van der Waals surface area contributed by atoms with Gasteiger partial charge in [-0.3, -0.25) is 9.78 Å².